The van der Waals surface area contributed by atoms with E-state index < -0.39 is 5.97 Å². The van der Waals surface area contributed by atoms with Crippen molar-refractivity contribution in [2.45, 2.75) is 46.1 Å². The minimum absolute atomic E-state index is 0.114. The fourth-order valence-electron chi connectivity index (χ4n) is 6.53. The largest absolute Gasteiger partial charge is 0.488 e. The van der Waals surface area contributed by atoms with Crippen LogP contribution in [0.15, 0.2) is 41.8 Å². The van der Waals surface area contributed by atoms with Gasteiger partial charge in [-0.05, 0) is 86.8 Å². The van der Waals surface area contributed by atoms with Crippen molar-refractivity contribution < 1.29 is 19.4 Å². The number of hydrogen-bond donors (Lipinski definition) is 1. The number of aryl methyl sites for hydroxylation is 2. The smallest absolute Gasteiger partial charge is 0.307 e. The summed E-state index contributed by atoms with van der Waals surface area (Å²) in [4.78, 5) is 33.7. The molecule has 7 nitrogen and oxygen atoms in total. The van der Waals surface area contributed by atoms with E-state index in [2.05, 4.69) is 23.3 Å². The molecule has 3 atom stereocenters. The van der Waals surface area contributed by atoms with Crippen LogP contribution in [0.25, 0.3) is 11.3 Å². The maximum Gasteiger partial charge on any atom is 0.307 e. The van der Waals surface area contributed by atoms with Crippen molar-refractivity contribution >= 4 is 28.3 Å². The second-order valence-corrected chi connectivity index (χ2v) is 12.1. The van der Waals surface area contributed by atoms with E-state index in [1.54, 1.807) is 11.3 Å². The van der Waals surface area contributed by atoms with Gasteiger partial charge in [-0.3, -0.25) is 9.59 Å². The summed E-state index contributed by atoms with van der Waals surface area (Å²) in [7, 11) is 0. The molecule has 2 aromatic carbocycles. The van der Waals surface area contributed by atoms with Crippen LogP contribution in [-0.2, 0) is 11.4 Å². The molecule has 3 aromatic rings. The minimum Gasteiger partial charge on any atom is -0.488 e. The van der Waals surface area contributed by atoms with Gasteiger partial charge < -0.3 is 19.6 Å². The Morgan fingerprint density at radius 2 is 1.79 bits per heavy atom. The third-order valence-corrected chi connectivity index (χ3v) is 9.56. The Bertz CT molecular complexity index is 1380. The van der Waals surface area contributed by atoms with Crippen molar-refractivity contribution in [1.82, 2.24) is 9.88 Å². The van der Waals surface area contributed by atoms with Gasteiger partial charge in [0.2, 0.25) is 0 Å². The van der Waals surface area contributed by atoms with Gasteiger partial charge in [-0.1, -0.05) is 17.7 Å². The maximum atomic E-state index is 12.8. The van der Waals surface area contributed by atoms with E-state index in [0.29, 0.717) is 6.61 Å². The molecule has 1 amide bonds. The summed E-state index contributed by atoms with van der Waals surface area (Å²) in [5, 5.41) is 12.7. The number of nitrogens with zero attached hydrogens (tertiary/aromatic N) is 3. The zero-order valence-corrected chi connectivity index (χ0v) is 23.4. The molecule has 3 fully saturated rings. The number of carboxylic acids is 1. The Kier molecular flexibility index (Phi) is 7.06. The van der Waals surface area contributed by atoms with Crippen LogP contribution in [0.2, 0.25) is 0 Å². The van der Waals surface area contributed by atoms with Gasteiger partial charge in [0.1, 0.15) is 12.4 Å². The first kappa shape index (κ1) is 25.9. The van der Waals surface area contributed by atoms with E-state index in [-0.39, 0.29) is 23.7 Å². The number of anilines is 1. The first-order valence-corrected chi connectivity index (χ1v) is 14.8. The highest BCUT2D eigenvalue weighted by atomic mass is 32.1. The topological polar surface area (TPSA) is 83.0 Å². The van der Waals surface area contributed by atoms with Crippen LogP contribution >= 0.6 is 11.3 Å². The van der Waals surface area contributed by atoms with E-state index in [1.165, 1.54) is 0 Å². The molecule has 0 spiro atoms. The minimum atomic E-state index is -0.647. The number of carbonyl (C=O) groups is 2. The Hall–Kier alpha value is -3.39. The summed E-state index contributed by atoms with van der Waals surface area (Å²) in [5.74, 6) is 0.431. The lowest BCUT2D eigenvalue weighted by molar-refractivity contribution is -0.144. The molecule has 1 N–H and O–H groups in total. The Morgan fingerprint density at radius 3 is 2.49 bits per heavy atom. The molecule has 3 aliphatic rings. The molecule has 0 radical (unpaired) electrons. The molecule has 6 rings (SSSR count). The van der Waals surface area contributed by atoms with E-state index in [0.717, 1.165) is 96.3 Å². The van der Waals surface area contributed by atoms with Gasteiger partial charge in [-0.15, -0.1) is 11.3 Å². The lowest BCUT2D eigenvalue weighted by Gasteiger charge is -2.35. The zero-order chi connectivity index (χ0) is 27.1. The standard InChI is InChI=1S/C31H35N3O4S/c1-19-5-10-27(38-17-24-9-6-21(14-20(24)2)29(35)33-11-3-4-12-33)25(13-19)26-18-39-31(32-26)34-15-22-7-8-23(16-34)28(22)30(36)37/h5-6,9-10,13-14,18,22-23,28H,3-4,7-8,11-12,15-17H2,1-2H3,(H,36,37)/t22-,23+,28?. The fourth-order valence-corrected chi connectivity index (χ4v) is 7.38. The number of carbonyl (C=O) groups excluding carboxylic acids is 1. The summed E-state index contributed by atoms with van der Waals surface area (Å²) >= 11 is 1.61. The van der Waals surface area contributed by atoms with E-state index in [1.807, 2.05) is 42.2 Å². The van der Waals surface area contributed by atoms with Crippen molar-refractivity contribution in [2.24, 2.45) is 17.8 Å². The van der Waals surface area contributed by atoms with Gasteiger partial charge in [0.05, 0.1) is 11.6 Å². The highest BCUT2D eigenvalue weighted by molar-refractivity contribution is 7.14. The molecular formula is C31H35N3O4S. The monoisotopic (exact) mass is 545 g/mol. The molecule has 1 aromatic heterocycles. The number of amides is 1. The molecule has 2 saturated heterocycles. The predicted octanol–water partition coefficient (Wildman–Crippen LogP) is 5.79. The molecule has 1 unspecified atom stereocenters. The van der Waals surface area contributed by atoms with E-state index in [4.69, 9.17) is 9.72 Å². The summed E-state index contributed by atoms with van der Waals surface area (Å²) in [6.07, 6.45) is 4.14. The number of ether oxygens (including phenoxy) is 1. The molecule has 1 saturated carbocycles. The number of rotatable bonds is 7. The molecule has 2 aliphatic heterocycles. The predicted molar refractivity (Wildman–Crippen MR) is 152 cm³/mol. The molecule has 39 heavy (non-hydrogen) atoms. The Morgan fingerprint density at radius 1 is 1.05 bits per heavy atom. The van der Waals surface area contributed by atoms with Gasteiger partial charge in [-0.25, -0.2) is 4.98 Å². The number of aliphatic carboxylic acids is 1. The average Bonchev–Trinajstić information content (AvgIpc) is 3.68. The van der Waals surface area contributed by atoms with Crippen LogP contribution < -0.4 is 9.64 Å². The summed E-state index contributed by atoms with van der Waals surface area (Å²) < 4.78 is 6.34. The second kappa shape index (κ2) is 10.6. The van der Waals surface area contributed by atoms with Crippen LogP contribution in [0, 0.1) is 31.6 Å². The number of likely N-dealkylation sites (tertiary alicyclic amines) is 1. The first-order valence-electron chi connectivity index (χ1n) is 13.9. The number of benzene rings is 2. The lowest BCUT2D eigenvalue weighted by Crippen LogP contribution is -2.44. The van der Waals surface area contributed by atoms with Crippen LogP contribution in [0.1, 0.15) is 52.7 Å². The number of thiazole rings is 1. The molecule has 3 heterocycles. The summed E-state index contributed by atoms with van der Waals surface area (Å²) in [5.41, 5.74) is 5.81. The second-order valence-electron chi connectivity index (χ2n) is 11.3. The van der Waals surface area contributed by atoms with Crippen LogP contribution in [-0.4, -0.2) is 53.0 Å². The van der Waals surface area contributed by atoms with Gasteiger partial charge >= 0.3 is 5.97 Å². The molecule has 1 aliphatic carbocycles. The number of carboxylic acid groups (broad SMARTS) is 1. The van der Waals surface area contributed by atoms with E-state index in [9.17, 15) is 14.7 Å². The lowest BCUT2D eigenvalue weighted by atomic mass is 9.85. The van der Waals surface area contributed by atoms with Gasteiger partial charge in [-0.2, -0.15) is 0 Å². The highest BCUT2D eigenvalue weighted by Gasteiger charge is 2.46. The normalized spacial score (nSPS) is 22.4. The third-order valence-electron chi connectivity index (χ3n) is 8.66. The van der Waals surface area contributed by atoms with Crippen molar-refractivity contribution in [3.63, 3.8) is 0 Å². The Labute approximate surface area is 233 Å². The van der Waals surface area contributed by atoms with Crippen LogP contribution in [0.4, 0.5) is 5.13 Å². The van der Waals surface area contributed by atoms with Crippen molar-refractivity contribution in [3.8, 4) is 17.0 Å². The number of piperidine rings is 1. The van der Waals surface area contributed by atoms with E-state index >= 15 is 0 Å². The quantitative estimate of drug-likeness (QED) is 0.405. The van der Waals surface area contributed by atoms with Gasteiger partial charge in [0, 0.05) is 42.7 Å². The number of hydrogen-bond acceptors (Lipinski definition) is 6. The summed E-state index contributed by atoms with van der Waals surface area (Å²) in [6.45, 7) is 7.71. The molecule has 8 heteroatoms. The Balaban J connectivity index is 1.17. The zero-order valence-electron chi connectivity index (χ0n) is 22.6. The summed E-state index contributed by atoms with van der Waals surface area (Å²) in [6, 6.07) is 12.0. The fraction of sp³-hybridized carbons (Fsp3) is 0.452. The third kappa shape index (κ3) is 5.14. The number of fused-ring (bicyclic) bond motifs is 2. The first-order chi connectivity index (χ1) is 18.9. The number of aromatic nitrogens is 1. The molecular weight excluding hydrogens is 510 g/mol. The van der Waals surface area contributed by atoms with Crippen molar-refractivity contribution in [1.29, 1.82) is 0 Å². The van der Waals surface area contributed by atoms with Gasteiger partial charge in [0.25, 0.3) is 5.91 Å². The highest BCUT2D eigenvalue weighted by Crippen LogP contribution is 2.44. The SMILES string of the molecule is Cc1ccc(OCc2ccc(C(=O)N3CCCC3)cc2C)c(-c2csc(N3C[C@H]4CC[C@@H](C3)C4C(=O)O)n2)c1. The van der Waals surface area contributed by atoms with Crippen molar-refractivity contribution in [3.05, 3.63) is 64.0 Å². The molecule has 2 bridgehead atoms. The average molecular weight is 546 g/mol. The van der Waals surface area contributed by atoms with Crippen LogP contribution in [0.5, 0.6) is 5.75 Å². The molecule has 204 valence electrons. The van der Waals surface area contributed by atoms with Crippen molar-refractivity contribution in [2.75, 3.05) is 31.1 Å². The maximum absolute atomic E-state index is 12.8. The van der Waals surface area contributed by atoms with Crippen LogP contribution in [0.3, 0.4) is 0 Å². The van der Waals surface area contributed by atoms with Gasteiger partial charge in [0.15, 0.2) is 5.13 Å².